The van der Waals surface area contributed by atoms with E-state index in [1.165, 1.54) is 0 Å². The molecule has 0 aliphatic heterocycles. The van der Waals surface area contributed by atoms with Crippen molar-refractivity contribution in [2.45, 2.75) is 11.2 Å². The van der Waals surface area contributed by atoms with E-state index in [-0.39, 0.29) is 0 Å². The topological polar surface area (TPSA) is 131 Å². The Hall–Kier alpha value is -2.54. The lowest BCUT2D eigenvalue weighted by atomic mass is 9.66. The molecule has 6 N–H and O–H groups in total. The molecule has 35 heavy (non-hydrogen) atoms. The van der Waals surface area contributed by atoms with E-state index < -0.39 is 28.4 Å². The summed E-state index contributed by atoms with van der Waals surface area (Å²) in [6.45, 7) is 0. The molecular weight excluding hydrogens is 486 g/mol. The van der Waals surface area contributed by atoms with Gasteiger partial charge in [0.15, 0.2) is 11.2 Å². The third kappa shape index (κ3) is 6.18. The predicted octanol–water partition coefficient (Wildman–Crippen LogP) is 4.28. The average Bonchev–Trinajstić information content (AvgIpc) is 2.89. The highest BCUT2D eigenvalue weighted by Crippen LogP contribution is 2.49. The molecule has 4 aromatic rings. The molecule has 0 aromatic heterocycles. The first-order valence-corrected chi connectivity index (χ1v) is 12.8. The van der Waals surface area contributed by atoms with Crippen LogP contribution in [0.5, 0.6) is 0 Å². The van der Waals surface area contributed by atoms with E-state index in [1.807, 2.05) is 121 Å². The van der Waals surface area contributed by atoms with Crippen LogP contribution in [0, 0.1) is 0 Å². The second-order valence-corrected chi connectivity index (χ2v) is 9.14. The minimum absolute atomic E-state index is 0.622. The Balaban J connectivity index is 0.000000429. The molecule has 0 spiro atoms. The maximum atomic E-state index is 12.3. The van der Waals surface area contributed by atoms with Crippen LogP contribution in [0.25, 0.3) is 0 Å². The predicted molar refractivity (Wildman–Crippen MR) is 136 cm³/mol. The van der Waals surface area contributed by atoms with Gasteiger partial charge in [-0.3, -0.25) is 0 Å². The summed E-state index contributed by atoms with van der Waals surface area (Å²) < 4.78 is 3.60. The number of rotatable bonds is 7. The first kappa shape index (κ1) is 27.1. The summed E-state index contributed by atoms with van der Waals surface area (Å²) in [4.78, 5) is 31.3. The molecule has 0 radical (unpaired) electrons. The van der Waals surface area contributed by atoms with Crippen LogP contribution in [0.4, 0.5) is 0 Å². The molecule has 182 valence electrons. The van der Waals surface area contributed by atoms with Gasteiger partial charge in [-0.2, -0.15) is 0 Å². The summed E-state index contributed by atoms with van der Waals surface area (Å²) in [5.41, 5.74) is -0.906. The van der Waals surface area contributed by atoms with Gasteiger partial charge in [0.2, 0.25) is 0 Å². The first-order chi connectivity index (χ1) is 16.8. The molecule has 0 saturated heterocycles. The largest absolute Gasteiger partial charge is 0.377 e. The summed E-state index contributed by atoms with van der Waals surface area (Å²) in [7, 11) is -5.22. The van der Waals surface area contributed by atoms with Crippen molar-refractivity contribution in [3.8, 4) is 0 Å². The average molecular weight is 512 g/mol. The second-order valence-electron chi connectivity index (χ2n) is 7.47. The van der Waals surface area contributed by atoms with E-state index >= 15 is 0 Å². The van der Waals surface area contributed by atoms with Gasteiger partial charge in [0.25, 0.3) is 0 Å². The van der Waals surface area contributed by atoms with Crippen molar-refractivity contribution in [2.75, 3.05) is 0 Å². The highest BCUT2D eigenvalue weighted by Gasteiger charge is 2.54. The fourth-order valence-electron chi connectivity index (χ4n) is 3.95. The number of hydrogen-bond acceptors (Lipinski definition) is 7. The molecule has 0 saturated carbocycles. The highest BCUT2D eigenvalue weighted by molar-refractivity contribution is 7.53. The van der Waals surface area contributed by atoms with Crippen LogP contribution in [0.1, 0.15) is 22.3 Å². The SMILES string of the molecule is OC(c1ccccc1)(c1ccccc1)C(O)(c1ccccc1)c1ccccc1.OP(O)OP(O)O. The lowest BCUT2D eigenvalue weighted by Gasteiger charge is -2.45. The van der Waals surface area contributed by atoms with Crippen LogP contribution >= 0.6 is 17.2 Å². The van der Waals surface area contributed by atoms with Gasteiger partial charge in [-0.1, -0.05) is 121 Å². The molecule has 0 aliphatic rings. The van der Waals surface area contributed by atoms with E-state index in [1.54, 1.807) is 0 Å². The van der Waals surface area contributed by atoms with Gasteiger partial charge in [0, 0.05) is 0 Å². The van der Waals surface area contributed by atoms with E-state index in [4.69, 9.17) is 19.6 Å². The molecule has 0 heterocycles. The van der Waals surface area contributed by atoms with Gasteiger partial charge in [0.05, 0.1) is 0 Å². The third-order valence-corrected chi connectivity index (χ3v) is 6.60. The van der Waals surface area contributed by atoms with E-state index in [2.05, 4.69) is 4.31 Å². The minimum Gasteiger partial charge on any atom is -0.377 e. The van der Waals surface area contributed by atoms with Gasteiger partial charge in [-0.15, -0.1) is 0 Å². The van der Waals surface area contributed by atoms with Crippen LogP contribution < -0.4 is 0 Å². The quantitative estimate of drug-likeness (QED) is 0.204. The zero-order chi connectivity index (χ0) is 25.3. The Morgan fingerprint density at radius 3 is 0.743 bits per heavy atom. The Morgan fingerprint density at radius 1 is 0.400 bits per heavy atom. The fraction of sp³-hybridized carbons (Fsp3) is 0.0769. The van der Waals surface area contributed by atoms with Crippen LogP contribution in [0.15, 0.2) is 121 Å². The Kier molecular flexibility index (Phi) is 9.61. The molecule has 0 fully saturated rings. The van der Waals surface area contributed by atoms with Crippen molar-refractivity contribution >= 4 is 17.2 Å². The third-order valence-electron chi connectivity index (χ3n) is 5.44. The van der Waals surface area contributed by atoms with Gasteiger partial charge < -0.3 is 29.8 Å². The standard InChI is InChI=1S/C26H22O2.H4O5P2/c27-25(21-13-5-1-6-14-21,22-15-7-2-8-16-22)26(28,23-17-9-3-10-18-23)24-19-11-4-12-20-24;1-6(2)5-7(3)4/h1-20,27-28H;1-4H. The van der Waals surface area contributed by atoms with Crippen LogP contribution in [0.2, 0.25) is 0 Å². The fourth-order valence-corrected chi connectivity index (χ4v) is 4.47. The normalized spacial score (nSPS) is 11.8. The first-order valence-electron chi connectivity index (χ1n) is 10.5. The van der Waals surface area contributed by atoms with Gasteiger partial charge >= 0.3 is 17.2 Å². The molecule has 0 bridgehead atoms. The number of hydrogen-bond donors (Lipinski definition) is 6. The highest BCUT2D eigenvalue weighted by atomic mass is 31.2. The molecule has 0 amide bonds. The van der Waals surface area contributed by atoms with Crippen molar-refractivity contribution in [1.29, 1.82) is 0 Å². The minimum atomic E-state index is -2.61. The lowest BCUT2D eigenvalue weighted by molar-refractivity contribution is -0.113. The number of benzene rings is 4. The zero-order valence-corrected chi connectivity index (χ0v) is 20.3. The summed E-state index contributed by atoms with van der Waals surface area (Å²) in [6, 6.07) is 37.4. The maximum Gasteiger partial charge on any atom is 0.334 e. The smallest absolute Gasteiger partial charge is 0.334 e. The van der Waals surface area contributed by atoms with Gasteiger partial charge in [-0.25, -0.2) is 4.31 Å². The zero-order valence-electron chi connectivity index (χ0n) is 18.5. The monoisotopic (exact) mass is 512 g/mol. The molecule has 0 aliphatic carbocycles. The second kappa shape index (κ2) is 12.4. The summed E-state index contributed by atoms with van der Waals surface area (Å²) in [6.07, 6.45) is 0. The maximum absolute atomic E-state index is 12.3. The Morgan fingerprint density at radius 2 is 0.600 bits per heavy atom. The molecule has 0 atom stereocenters. The van der Waals surface area contributed by atoms with Crippen molar-refractivity contribution in [1.82, 2.24) is 0 Å². The van der Waals surface area contributed by atoms with Crippen molar-refractivity contribution < 1.29 is 34.1 Å². The molecule has 0 unspecified atom stereocenters. The molecule has 7 nitrogen and oxygen atoms in total. The molecular formula is C26H26O7P2. The molecule has 4 rings (SSSR count). The van der Waals surface area contributed by atoms with Crippen LogP contribution in [-0.2, 0) is 15.5 Å². The summed E-state index contributed by atoms with van der Waals surface area (Å²) in [5, 5.41) is 24.7. The van der Waals surface area contributed by atoms with Crippen molar-refractivity contribution in [3.63, 3.8) is 0 Å². The van der Waals surface area contributed by atoms with E-state index in [9.17, 15) is 10.2 Å². The van der Waals surface area contributed by atoms with Gasteiger partial charge in [0.1, 0.15) is 0 Å². The molecule has 4 aromatic carbocycles. The number of aliphatic hydroxyl groups is 2. The Bertz CT molecular complexity index is 973. The van der Waals surface area contributed by atoms with Crippen LogP contribution in [-0.4, -0.2) is 29.8 Å². The molecule has 9 heteroatoms. The van der Waals surface area contributed by atoms with Crippen LogP contribution in [0.3, 0.4) is 0 Å². The van der Waals surface area contributed by atoms with E-state index in [0.29, 0.717) is 22.3 Å². The van der Waals surface area contributed by atoms with Gasteiger partial charge in [-0.05, 0) is 22.3 Å². The summed E-state index contributed by atoms with van der Waals surface area (Å²) >= 11 is 0. The van der Waals surface area contributed by atoms with Crippen molar-refractivity contribution in [2.24, 2.45) is 0 Å². The summed E-state index contributed by atoms with van der Waals surface area (Å²) in [5.74, 6) is 0. The van der Waals surface area contributed by atoms with E-state index in [0.717, 1.165) is 0 Å². The Labute approximate surface area is 206 Å². The lowest BCUT2D eigenvalue weighted by Crippen LogP contribution is -2.51. The van der Waals surface area contributed by atoms with Crippen molar-refractivity contribution in [3.05, 3.63) is 144 Å².